The van der Waals surface area contributed by atoms with Crippen LogP contribution in [-0.4, -0.2) is 49.1 Å². The second-order valence-corrected chi connectivity index (χ2v) is 6.05. The molecular weight excluding hydrogens is 300 g/mol. The predicted octanol–water partition coefficient (Wildman–Crippen LogP) is 1.53. The number of hydrogen-bond donors (Lipinski definition) is 1. The SMILES string of the molecule is C/C(=C\C=C(/C)C(=O)OCC1CCC2OC2C1)C(=O)OCCO. The number of esters is 2. The molecule has 0 radical (unpaired) electrons. The highest BCUT2D eigenvalue weighted by atomic mass is 16.6. The summed E-state index contributed by atoms with van der Waals surface area (Å²) in [5.41, 5.74) is 0.783. The molecule has 0 aromatic rings. The molecule has 2 rings (SSSR count). The standard InChI is InChI=1S/C17H24O6/c1-11(16(19)21-8-7-18)3-4-12(2)17(20)22-10-13-5-6-14-15(9-13)23-14/h3-4,13-15,18H,5-10H2,1-2H3/b11-3+,12-4+. The third-order valence-corrected chi connectivity index (χ3v) is 4.11. The molecule has 128 valence electrons. The number of ether oxygens (including phenoxy) is 3. The van der Waals surface area contributed by atoms with Crippen molar-refractivity contribution >= 4 is 11.9 Å². The lowest BCUT2D eigenvalue weighted by molar-refractivity contribution is -0.141. The van der Waals surface area contributed by atoms with Gasteiger partial charge in [-0.2, -0.15) is 0 Å². The molecule has 0 aromatic carbocycles. The van der Waals surface area contributed by atoms with Gasteiger partial charge in [-0.1, -0.05) is 12.2 Å². The quantitative estimate of drug-likeness (QED) is 0.331. The smallest absolute Gasteiger partial charge is 0.333 e. The fourth-order valence-corrected chi connectivity index (χ4v) is 2.58. The topological polar surface area (TPSA) is 85.4 Å². The molecule has 0 amide bonds. The summed E-state index contributed by atoms with van der Waals surface area (Å²) in [7, 11) is 0. The molecule has 1 N–H and O–H groups in total. The summed E-state index contributed by atoms with van der Waals surface area (Å²) in [5, 5.41) is 8.60. The maximum Gasteiger partial charge on any atom is 0.333 e. The molecule has 2 aliphatic rings. The zero-order valence-electron chi connectivity index (χ0n) is 13.6. The normalized spacial score (nSPS) is 27.2. The van der Waals surface area contributed by atoms with E-state index in [4.69, 9.17) is 19.3 Å². The number of carbonyl (C=O) groups excluding carboxylic acids is 2. The van der Waals surface area contributed by atoms with Crippen molar-refractivity contribution < 1.29 is 28.9 Å². The average Bonchev–Trinajstić information content (AvgIpc) is 3.33. The Kier molecular flexibility index (Phi) is 6.36. The summed E-state index contributed by atoms with van der Waals surface area (Å²) in [5.74, 6) is -0.518. The first-order valence-electron chi connectivity index (χ1n) is 7.97. The van der Waals surface area contributed by atoms with Crippen molar-refractivity contribution in [1.82, 2.24) is 0 Å². The van der Waals surface area contributed by atoms with Gasteiger partial charge in [-0.15, -0.1) is 0 Å². The van der Waals surface area contributed by atoms with Gasteiger partial charge >= 0.3 is 11.9 Å². The molecule has 1 heterocycles. The summed E-state index contributed by atoms with van der Waals surface area (Å²) >= 11 is 0. The van der Waals surface area contributed by atoms with Gasteiger partial charge in [-0.3, -0.25) is 0 Å². The van der Waals surface area contributed by atoms with E-state index in [1.54, 1.807) is 19.9 Å². The first-order chi connectivity index (χ1) is 11.0. The van der Waals surface area contributed by atoms with Crippen LogP contribution in [0.5, 0.6) is 0 Å². The van der Waals surface area contributed by atoms with Gasteiger partial charge in [-0.05, 0) is 39.0 Å². The van der Waals surface area contributed by atoms with E-state index in [0.29, 0.717) is 35.9 Å². The van der Waals surface area contributed by atoms with Crippen molar-refractivity contribution in [3.8, 4) is 0 Å². The fraction of sp³-hybridized carbons (Fsp3) is 0.647. The first kappa shape index (κ1) is 17.7. The van der Waals surface area contributed by atoms with Crippen molar-refractivity contribution in [3.63, 3.8) is 0 Å². The fourth-order valence-electron chi connectivity index (χ4n) is 2.58. The van der Waals surface area contributed by atoms with Crippen molar-refractivity contribution in [1.29, 1.82) is 0 Å². The molecule has 2 fully saturated rings. The minimum Gasteiger partial charge on any atom is -0.462 e. The van der Waals surface area contributed by atoms with Crippen LogP contribution in [0.15, 0.2) is 23.3 Å². The van der Waals surface area contributed by atoms with E-state index in [1.165, 1.54) is 6.08 Å². The second-order valence-electron chi connectivity index (χ2n) is 6.05. The molecule has 0 aromatic heterocycles. The van der Waals surface area contributed by atoms with E-state index >= 15 is 0 Å². The lowest BCUT2D eigenvalue weighted by Crippen LogP contribution is -2.20. The highest BCUT2D eigenvalue weighted by molar-refractivity contribution is 5.90. The van der Waals surface area contributed by atoms with Crippen LogP contribution in [0.4, 0.5) is 0 Å². The van der Waals surface area contributed by atoms with Gasteiger partial charge in [0.15, 0.2) is 0 Å². The van der Waals surface area contributed by atoms with Gasteiger partial charge in [0.2, 0.25) is 0 Å². The molecule has 0 spiro atoms. The van der Waals surface area contributed by atoms with Crippen LogP contribution in [0.1, 0.15) is 33.1 Å². The third-order valence-electron chi connectivity index (χ3n) is 4.11. The van der Waals surface area contributed by atoms with Gasteiger partial charge in [-0.25, -0.2) is 9.59 Å². The number of carbonyl (C=O) groups is 2. The van der Waals surface area contributed by atoms with E-state index in [2.05, 4.69) is 0 Å². The number of epoxide rings is 1. The van der Waals surface area contributed by atoms with E-state index in [0.717, 1.165) is 19.3 Å². The first-order valence-corrected chi connectivity index (χ1v) is 7.97. The Bertz CT molecular complexity index is 507. The zero-order valence-corrected chi connectivity index (χ0v) is 13.6. The monoisotopic (exact) mass is 324 g/mol. The number of hydrogen-bond acceptors (Lipinski definition) is 6. The number of aliphatic hydroxyl groups is 1. The number of rotatable bonds is 7. The van der Waals surface area contributed by atoms with E-state index < -0.39 is 5.97 Å². The van der Waals surface area contributed by atoms with Crippen LogP contribution in [0.25, 0.3) is 0 Å². The molecular formula is C17H24O6. The zero-order chi connectivity index (χ0) is 16.8. The number of aliphatic hydroxyl groups excluding tert-OH is 1. The van der Waals surface area contributed by atoms with Gasteiger partial charge in [0.05, 0.1) is 25.4 Å². The minimum atomic E-state index is -0.516. The molecule has 23 heavy (non-hydrogen) atoms. The lowest BCUT2D eigenvalue weighted by Gasteiger charge is -2.18. The molecule has 1 saturated carbocycles. The van der Waals surface area contributed by atoms with Crippen molar-refractivity contribution in [2.24, 2.45) is 5.92 Å². The van der Waals surface area contributed by atoms with Gasteiger partial charge in [0.1, 0.15) is 6.61 Å². The summed E-state index contributed by atoms with van der Waals surface area (Å²) in [6.45, 7) is 3.39. The van der Waals surface area contributed by atoms with Crippen molar-refractivity contribution in [2.45, 2.75) is 45.3 Å². The van der Waals surface area contributed by atoms with Gasteiger partial charge in [0, 0.05) is 11.1 Å². The Labute approximate surface area is 136 Å². The van der Waals surface area contributed by atoms with Gasteiger partial charge < -0.3 is 19.3 Å². The molecule has 6 heteroatoms. The van der Waals surface area contributed by atoms with Crippen molar-refractivity contribution in [3.05, 3.63) is 23.3 Å². The van der Waals surface area contributed by atoms with Crippen LogP contribution in [0.3, 0.4) is 0 Å². The summed E-state index contributed by atoms with van der Waals surface area (Å²) in [6, 6.07) is 0. The summed E-state index contributed by atoms with van der Waals surface area (Å²) in [6.07, 6.45) is 6.93. The molecule has 1 aliphatic heterocycles. The minimum absolute atomic E-state index is 0.0400. The largest absolute Gasteiger partial charge is 0.462 e. The maximum absolute atomic E-state index is 11.9. The lowest BCUT2D eigenvalue weighted by atomic mass is 9.90. The van der Waals surface area contributed by atoms with Crippen LogP contribution in [0.2, 0.25) is 0 Å². The predicted molar refractivity (Wildman–Crippen MR) is 82.5 cm³/mol. The maximum atomic E-state index is 11.9. The molecule has 0 bridgehead atoms. The molecule has 6 nitrogen and oxygen atoms in total. The van der Waals surface area contributed by atoms with E-state index in [-0.39, 0.29) is 19.2 Å². The Hall–Kier alpha value is -1.66. The Morgan fingerprint density at radius 1 is 1.09 bits per heavy atom. The highest BCUT2D eigenvalue weighted by Gasteiger charge is 2.43. The average molecular weight is 324 g/mol. The Morgan fingerprint density at radius 3 is 2.35 bits per heavy atom. The van der Waals surface area contributed by atoms with Crippen molar-refractivity contribution in [2.75, 3.05) is 19.8 Å². The van der Waals surface area contributed by atoms with E-state index in [9.17, 15) is 9.59 Å². The molecule has 3 atom stereocenters. The number of allylic oxidation sites excluding steroid dienone is 2. The van der Waals surface area contributed by atoms with Crippen LogP contribution < -0.4 is 0 Å². The number of fused-ring (bicyclic) bond motifs is 1. The van der Waals surface area contributed by atoms with E-state index in [1.807, 2.05) is 0 Å². The Morgan fingerprint density at radius 2 is 1.74 bits per heavy atom. The summed E-state index contributed by atoms with van der Waals surface area (Å²) < 4.78 is 15.6. The molecule has 1 saturated heterocycles. The van der Waals surface area contributed by atoms with Crippen LogP contribution in [0, 0.1) is 5.92 Å². The summed E-state index contributed by atoms with van der Waals surface area (Å²) in [4.78, 5) is 23.4. The van der Waals surface area contributed by atoms with Crippen LogP contribution in [-0.2, 0) is 23.8 Å². The van der Waals surface area contributed by atoms with Crippen LogP contribution >= 0.6 is 0 Å². The highest BCUT2D eigenvalue weighted by Crippen LogP contribution is 2.39. The Balaban J connectivity index is 1.75. The molecule has 1 aliphatic carbocycles. The van der Waals surface area contributed by atoms with Gasteiger partial charge in [0.25, 0.3) is 0 Å². The second kappa shape index (κ2) is 8.26. The molecule has 3 unspecified atom stereocenters. The third kappa shape index (κ3) is 5.48.